The molecule has 3 unspecified atom stereocenters. The Labute approximate surface area is 210 Å². The maximum Gasteiger partial charge on any atom is 0.217 e. The Morgan fingerprint density at radius 1 is 0.971 bits per heavy atom. The van der Waals surface area contributed by atoms with Crippen LogP contribution in [0.4, 0.5) is 0 Å². The number of ether oxygens (including phenoxy) is 2. The Morgan fingerprint density at radius 2 is 1.71 bits per heavy atom. The van der Waals surface area contributed by atoms with Crippen LogP contribution in [0, 0.1) is 5.92 Å². The van der Waals surface area contributed by atoms with Crippen molar-refractivity contribution in [3.05, 3.63) is 90.0 Å². The highest BCUT2D eigenvalue weighted by Crippen LogP contribution is 2.38. The minimum Gasteiger partial charge on any atom is -0.475 e. The third-order valence-corrected chi connectivity index (χ3v) is 9.49. The first-order valence-electron chi connectivity index (χ1n) is 12.9. The Balaban J connectivity index is 1.58. The van der Waals surface area contributed by atoms with E-state index < -0.39 is 7.92 Å². The third-order valence-electron chi connectivity index (χ3n) is 6.91. The van der Waals surface area contributed by atoms with E-state index in [1.165, 1.54) is 40.7 Å². The lowest BCUT2D eigenvalue weighted by atomic mass is 9.97. The molecule has 5 rings (SSSR count). The van der Waals surface area contributed by atoms with Gasteiger partial charge in [-0.2, -0.15) is 0 Å². The smallest absolute Gasteiger partial charge is 0.217 e. The Kier molecular flexibility index (Phi) is 7.93. The average Bonchev–Trinajstić information content (AvgIpc) is 3.62. The van der Waals surface area contributed by atoms with Gasteiger partial charge in [0, 0.05) is 17.7 Å². The molecule has 0 aromatic heterocycles. The van der Waals surface area contributed by atoms with Gasteiger partial charge in [-0.3, -0.25) is 5.32 Å². The first kappa shape index (κ1) is 24.2. The molecular weight excluding hydrogens is 451 g/mol. The van der Waals surface area contributed by atoms with E-state index in [1.54, 1.807) is 0 Å². The minimum atomic E-state index is -0.840. The first-order chi connectivity index (χ1) is 17.3. The van der Waals surface area contributed by atoms with Crippen LogP contribution >= 0.6 is 7.92 Å². The molecule has 1 saturated heterocycles. The van der Waals surface area contributed by atoms with Gasteiger partial charge in [-0.25, -0.2) is 4.99 Å². The van der Waals surface area contributed by atoms with Crippen molar-refractivity contribution in [2.24, 2.45) is 10.9 Å². The van der Waals surface area contributed by atoms with Crippen LogP contribution in [0.15, 0.2) is 83.9 Å². The highest BCUT2D eigenvalue weighted by atomic mass is 31.1. The second kappa shape index (κ2) is 11.5. The van der Waals surface area contributed by atoms with E-state index in [1.807, 2.05) is 0 Å². The number of nitrogens with zero attached hydrogens (tertiary/aromatic N) is 1. The predicted octanol–water partition coefficient (Wildman–Crippen LogP) is 5.03. The summed E-state index contributed by atoms with van der Waals surface area (Å²) in [6.07, 6.45) is 3.59. The van der Waals surface area contributed by atoms with Crippen LogP contribution in [0.25, 0.3) is 0 Å². The van der Waals surface area contributed by atoms with E-state index in [0.717, 1.165) is 24.6 Å². The maximum absolute atomic E-state index is 6.27. The molecule has 0 amide bonds. The second-order valence-corrected chi connectivity index (χ2v) is 11.5. The van der Waals surface area contributed by atoms with Gasteiger partial charge >= 0.3 is 0 Å². The van der Waals surface area contributed by atoms with E-state index >= 15 is 0 Å². The van der Waals surface area contributed by atoms with Crippen LogP contribution < -0.4 is 21.2 Å². The Hall–Kier alpha value is -2.52. The molecule has 35 heavy (non-hydrogen) atoms. The normalized spacial score (nSPS) is 21.4. The molecule has 2 heterocycles. The molecule has 2 aliphatic heterocycles. The maximum atomic E-state index is 6.27. The zero-order valence-electron chi connectivity index (χ0n) is 20.7. The van der Waals surface area contributed by atoms with Gasteiger partial charge in [-0.15, -0.1) is 0 Å². The molecule has 3 aromatic rings. The van der Waals surface area contributed by atoms with Gasteiger partial charge in [0.15, 0.2) is 0 Å². The number of hydrogen-bond donors (Lipinski definition) is 1. The van der Waals surface area contributed by atoms with Gasteiger partial charge in [0.2, 0.25) is 5.90 Å². The molecule has 0 radical (unpaired) electrons. The zero-order valence-corrected chi connectivity index (χ0v) is 21.6. The summed E-state index contributed by atoms with van der Waals surface area (Å²) in [4.78, 5) is 5.11. The molecule has 1 fully saturated rings. The summed E-state index contributed by atoms with van der Waals surface area (Å²) in [5.41, 5.74) is 2.33. The number of nitrogens with one attached hydrogen (secondary N) is 1. The molecule has 0 spiro atoms. The quantitative estimate of drug-likeness (QED) is 0.431. The zero-order chi connectivity index (χ0) is 24.0. The van der Waals surface area contributed by atoms with Crippen molar-refractivity contribution in [1.82, 2.24) is 5.32 Å². The number of benzene rings is 3. The molecule has 4 atom stereocenters. The van der Waals surface area contributed by atoms with E-state index in [0.29, 0.717) is 12.5 Å². The molecule has 0 bridgehead atoms. The van der Waals surface area contributed by atoms with E-state index in [9.17, 15) is 0 Å². The molecule has 0 aliphatic carbocycles. The van der Waals surface area contributed by atoms with Gasteiger partial charge in [0.25, 0.3) is 0 Å². The van der Waals surface area contributed by atoms with Crippen molar-refractivity contribution in [2.75, 3.05) is 19.8 Å². The fourth-order valence-corrected chi connectivity index (χ4v) is 7.54. The highest BCUT2D eigenvalue weighted by molar-refractivity contribution is 7.80. The summed E-state index contributed by atoms with van der Waals surface area (Å²) in [5, 5.41) is 7.42. The van der Waals surface area contributed by atoms with Gasteiger partial charge in [0.05, 0.1) is 12.6 Å². The van der Waals surface area contributed by atoms with E-state index in [-0.39, 0.29) is 12.3 Å². The predicted molar refractivity (Wildman–Crippen MR) is 147 cm³/mol. The van der Waals surface area contributed by atoms with Crippen LogP contribution in [-0.4, -0.2) is 31.7 Å². The van der Waals surface area contributed by atoms with Gasteiger partial charge in [-0.05, 0) is 42.2 Å². The lowest BCUT2D eigenvalue weighted by molar-refractivity contribution is 0.103. The van der Waals surface area contributed by atoms with Gasteiger partial charge < -0.3 is 9.47 Å². The lowest BCUT2D eigenvalue weighted by Gasteiger charge is -2.26. The number of unbranched alkanes of at least 4 members (excludes halogenated alkanes) is 1. The highest BCUT2D eigenvalue weighted by Gasteiger charge is 2.30. The third kappa shape index (κ3) is 5.35. The van der Waals surface area contributed by atoms with Crippen molar-refractivity contribution >= 4 is 29.7 Å². The van der Waals surface area contributed by atoms with Crippen LogP contribution in [0.2, 0.25) is 0 Å². The van der Waals surface area contributed by atoms with Crippen molar-refractivity contribution in [1.29, 1.82) is 0 Å². The lowest BCUT2D eigenvalue weighted by Crippen LogP contribution is -2.29. The summed E-state index contributed by atoms with van der Waals surface area (Å²) in [5.74, 6) is 1.33. The molecule has 1 N–H and O–H groups in total. The standard InChI is InChI=1S/C30H35N2O2P/c1-3-4-12-22(2)26-21-34-30(32-26)25-16-9-11-18-28(25)35(23-13-6-5-7-14-23)27-17-10-8-15-24(27)29-31-19-20-33-29/h5-11,13-18,22,26,29,31H,3-4,12,19-21H2,1-2H3/t22?,26-,29?,35?/m0/s1. The molecule has 5 heteroatoms. The van der Waals surface area contributed by atoms with E-state index in [2.05, 4.69) is 98.0 Å². The summed E-state index contributed by atoms with van der Waals surface area (Å²) in [6, 6.07) is 28.5. The summed E-state index contributed by atoms with van der Waals surface area (Å²) >= 11 is 0. The second-order valence-electron chi connectivity index (χ2n) is 9.38. The molecule has 4 nitrogen and oxygen atoms in total. The summed E-state index contributed by atoms with van der Waals surface area (Å²) < 4.78 is 12.3. The van der Waals surface area contributed by atoms with Crippen LogP contribution in [0.5, 0.6) is 0 Å². The van der Waals surface area contributed by atoms with Crippen LogP contribution in [-0.2, 0) is 9.47 Å². The largest absolute Gasteiger partial charge is 0.475 e. The fourth-order valence-electron chi connectivity index (χ4n) is 4.92. The molecule has 3 aromatic carbocycles. The summed E-state index contributed by atoms with van der Waals surface area (Å²) in [7, 11) is -0.840. The number of rotatable bonds is 9. The SMILES string of the molecule is CCCCC(C)[C@@H]1COC(c2ccccc2P(c2ccccc2)c2ccccc2C2NCCO2)=N1. The first-order valence-corrected chi connectivity index (χ1v) is 14.2. The molecule has 0 saturated carbocycles. The topological polar surface area (TPSA) is 42.8 Å². The number of aliphatic imine (C=N–C) groups is 1. The number of hydrogen-bond acceptors (Lipinski definition) is 4. The van der Waals surface area contributed by atoms with Crippen molar-refractivity contribution < 1.29 is 9.47 Å². The monoisotopic (exact) mass is 486 g/mol. The molecular formula is C30H35N2O2P. The summed E-state index contributed by atoms with van der Waals surface area (Å²) in [6.45, 7) is 6.85. The van der Waals surface area contributed by atoms with Gasteiger partial charge in [-0.1, -0.05) is 99.5 Å². The van der Waals surface area contributed by atoms with E-state index in [4.69, 9.17) is 14.5 Å². The van der Waals surface area contributed by atoms with Crippen molar-refractivity contribution in [2.45, 2.75) is 45.4 Å². The van der Waals surface area contributed by atoms with Crippen molar-refractivity contribution in [3.63, 3.8) is 0 Å². The average molecular weight is 487 g/mol. The van der Waals surface area contributed by atoms with Crippen molar-refractivity contribution in [3.8, 4) is 0 Å². The Morgan fingerprint density at radius 3 is 2.49 bits per heavy atom. The van der Waals surface area contributed by atoms with Crippen LogP contribution in [0.1, 0.15) is 50.5 Å². The minimum absolute atomic E-state index is 0.0732. The van der Waals surface area contributed by atoms with Crippen LogP contribution in [0.3, 0.4) is 0 Å². The van der Waals surface area contributed by atoms with Gasteiger partial charge in [0.1, 0.15) is 12.8 Å². The molecule has 2 aliphatic rings. The molecule has 182 valence electrons. The fraction of sp³-hybridized carbons (Fsp3) is 0.367. The Bertz CT molecular complexity index is 1140.